The molecule has 0 bridgehead atoms. The van der Waals surface area contributed by atoms with Crippen LogP contribution in [0.15, 0.2) is 67.3 Å². The molecule has 3 fully saturated rings. The average molecular weight is 578 g/mol. The lowest BCUT2D eigenvalue weighted by atomic mass is 9.88. The van der Waals surface area contributed by atoms with Gasteiger partial charge in [0.15, 0.2) is 0 Å². The minimum absolute atomic E-state index is 0.269. The lowest BCUT2D eigenvalue weighted by Gasteiger charge is -2.34. The maximum atomic E-state index is 12.5. The third-order valence-electron chi connectivity index (χ3n) is 8.65. The number of benzene rings is 2. The van der Waals surface area contributed by atoms with Crippen molar-refractivity contribution in [2.45, 2.75) is 69.7 Å². The summed E-state index contributed by atoms with van der Waals surface area (Å²) in [7, 11) is 2.11. The van der Waals surface area contributed by atoms with Gasteiger partial charge in [-0.05, 0) is 62.4 Å². The van der Waals surface area contributed by atoms with Crippen LogP contribution in [0.3, 0.4) is 0 Å². The summed E-state index contributed by atoms with van der Waals surface area (Å²) in [5.41, 5.74) is 2.23. The molecule has 1 unspecified atom stereocenters. The third-order valence-corrected chi connectivity index (χ3v) is 8.65. The van der Waals surface area contributed by atoms with Crippen molar-refractivity contribution in [3.8, 4) is 0 Å². The SMILES string of the molecule is C=CCN(C)C1CCN(C=O)CC1.O=C(C1CCCCC1)N1CCC(c2ccccc2)C1.O=CCc1ccc(F)cc1. The number of carbonyl (C=O) groups is 3. The van der Waals surface area contributed by atoms with Crippen LogP contribution in [0.2, 0.25) is 0 Å². The lowest BCUT2D eigenvalue weighted by molar-refractivity contribution is -0.135. The van der Waals surface area contributed by atoms with Crippen molar-refractivity contribution in [1.82, 2.24) is 14.7 Å². The molecular weight excluding hydrogens is 529 g/mol. The van der Waals surface area contributed by atoms with E-state index in [-0.39, 0.29) is 5.82 Å². The highest BCUT2D eigenvalue weighted by molar-refractivity contribution is 5.79. The molecule has 6 nitrogen and oxygen atoms in total. The maximum absolute atomic E-state index is 12.5. The van der Waals surface area contributed by atoms with Crippen molar-refractivity contribution in [2.24, 2.45) is 5.92 Å². The van der Waals surface area contributed by atoms with Gasteiger partial charge < -0.3 is 14.6 Å². The Balaban J connectivity index is 0.000000184. The van der Waals surface area contributed by atoms with Gasteiger partial charge in [-0.2, -0.15) is 0 Å². The quantitative estimate of drug-likeness (QED) is 0.291. The fourth-order valence-electron chi connectivity index (χ4n) is 6.07. The molecule has 2 aromatic rings. The predicted molar refractivity (Wildman–Crippen MR) is 167 cm³/mol. The number of nitrogens with zero attached hydrogens (tertiary/aromatic N) is 3. The predicted octanol–water partition coefficient (Wildman–Crippen LogP) is 5.87. The first-order valence-corrected chi connectivity index (χ1v) is 15.5. The van der Waals surface area contributed by atoms with Gasteiger partial charge in [-0.1, -0.05) is 67.8 Å². The van der Waals surface area contributed by atoms with Crippen LogP contribution in [0, 0.1) is 11.7 Å². The number of rotatable bonds is 8. The second-order valence-corrected chi connectivity index (χ2v) is 11.6. The molecular formula is C35H48FN3O3. The summed E-state index contributed by atoms with van der Waals surface area (Å²) >= 11 is 0. The fourth-order valence-corrected chi connectivity index (χ4v) is 6.07. The molecule has 1 saturated carbocycles. The second kappa shape index (κ2) is 18.3. The molecule has 2 saturated heterocycles. The Morgan fingerprint density at radius 3 is 2.19 bits per heavy atom. The van der Waals surface area contributed by atoms with Gasteiger partial charge in [-0.3, -0.25) is 14.5 Å². The van der Waals surface area contributed by atoms with Crippen molar-refractivity contribution in [1.29, 1.82) is 0 Å². The first kappa shape index (κ1) is 33.2. The van der Waals surface area contributed by atoms with Gasteiger partial charge in [0.2, 0.25) is 12.3 Å². The summed E-state index contributed by atoms with van der Waals surface area (Å²) in [5.74, 6) is 1.03. The average Bonchev–Trinajstić information content (AvgIpc) is 3.54. The number of aldehydes is 1. The number of likely N-dealkylation sites (tertiary alicyclic amines) is 2. The number of halogens is 1. The summed E-state index contributed by atoms with van der Waals surface area (Å²) in [4.78, 5) is 39.2. The summed E-state index contributed by atoms with van der Waals surface area (Å²) in [6, 6.07) is 17.2. The Morgan fingerprint density at radius 1 is 0.929 bits per heavy atom. The van der Waals surface area contributed by atoms with E-state index in [1.807, 2.05) is 11.0 Å². The van der Waals surface area contributed by atoms with Gasteiger partial charge in [-0.25, -0.2) is 4.39 Å². The van der Waals surface area contributed by atoms with Crippen LogP contribution in [0.1, 0.15) is 68.4 Å². The van der Waals surface area contributed by atoms with Crippen molar-refractivity contribution in [2.75, 3.05) is 39.8 Å². The van der Waals surface area contributed by atoms with E-state index in [2.05, 4.69) is 53.8 Å². The number of amides is 2. The summed E-state index contributed by atoms with van der Waals surface area (Å²) in [6.07, 6.45) is 13.4. The molecule has 5 rings (SSSR count). The molecule has 2 aromatic carbocycles. The van der Waals surface area contributed by atoms with Gasteiger partial charge in [0.25, 0.3) is 0 Å². The topological polar surface area (TPSA) is 60.9 Å². The molecule has 42 heavy (non-hydrogen) atoms. The first-order valence-electron chi connectivity index (χ1n) is 15.5. The molecule has 2 heterocycles. The van der Waals surface area contributed by atoms with E-state index in [9.17, 15) is 18.8 Å². The summed E-state index contributed by atoms with van der Waals surface area (Å²) in [6.45, 7) is 8.33. The Hall–Kier alpha value is -3.32. The fraction of sp³-hybridized carbons (Fsp3) is 0.514. The van der Waals surface area contributed by atoms with Crippen molar-refractivity contribution in [3.63, 3.8) is 0 Å². The largest absolute Gasteiger partial charge is 0.345 e. The molecule has 228 valence electrons. The smallest absolute Gasteiger partial charge is 0.225 e. The van der Waals surface area contributed by atoms with E-state index in [1.54, 1.807) is 12.1 Å². The van der Waals surface area contributed by atoms with Gasteiger partial charge in [-0.15, -0.1) is 6.58 Å². The van der Waals surface area contributed by atoms with Crippen LogP contribution in [-0.2, 0) is 20.8 Å². The molecule has 7 heteroatoms. The zero-order valence-corrected chi connectivity index (χ0v) is 25.2. The van der Waals surface area contributed by atoms with E-state index in [1.165, 1.54) is 37.0 Å². The van der Waals surface area contributed by atoms with Gasteiger partial charge in [0.05, 0.1) is 0 Å². The zero-order chi connectivity index (χ0) is 30.2. The van der Waals surface area contributed by atoms with Gasteiger partial charge in [0.1, 0.15) is 12.1 Å². The zero-order valence-electron chi connectivity index (χ0n) is 25.2. The molecule has 0 N–H and O–H groups in total. The molecule has 2 amide bonds. The highest BCUT2D eigenvalue weighted by atomic mass is 19.1. The number of likely N-dealkylation sites (N-methyl/N-ethyl adjacent to an activating group) is 1. The maximum Gasteiger partial charge on any atom is 0.225 e. The summed E-state index contributed by atoms with van der Waals surface area (Å²) in [5, 5.41) is 0. The minimum Gasteiger partial charge on any atom is -0.345 e. The van der Waals surface area contributed by atoms with Gasteiger partial charge in [0, 0.05) is 57.0 Å². The number of hydrogen-bond acceptors (Lipinski definition) is 4. The van der Waals surface area contributed by atoms with E-state index in [4.69, 9.17) is 0 Å². The third kappa shape index (κ3) is 10.8. The summed E-state index contributed by atoms with van der Waals surface area (Å²) < 4.78 is 12.2. The number of hydrogen-bond donors (Lipinski definition) is 0. The van der Waals surface area contributed by atoms with Crippen molar-refractivity contribution >= 4 is 18.6 Å². The van der Waals surface area contributed by atoms with Crippen LogP contribution >= 0.6 is 0 Å². The molecule has 0 spiro atoms. The Morgan fingerprint density at radius 2 is 1.60 bits per heavy atom. The van der Waals surface area contributed by atoms with Crippen molar-refractivity contribution in [3.05, 3.63) is 84.2 Å². The normalized spacial score (nSPS) is 19.3. The highest BCUT2D eigenvalue weighted by Gasteiger charge is 2.31. The molecule has 1 atom stereocenters. The van der Waals surface area contributed by atoms with E-state index >= 15 is 0 Å². The van der Waals surface area contributed by atoms with Crippen LogP contribution in [0.5, 0.6) is 0 Å². The second-order valence-electron chi connectivity index (χ2n) is 11.6. The van der Waals surface area contributed by atoms with Crippen LogP contribution in [-0.4, -0.2) is 79.1 Å². The van der Waals surface area contributed by atoms with E-state index in [0.29, 0.717) is 30.2 Å². The standard InChI is InChI=1S/C17H23NO.C10H18N2O.C8H7FO/c19-17(15-9-5-2-6-10-15)18-12-11-16(13-18)14-7-3-1-4-8-14;1-3-6-11(2)10-4-7-12(9-13)8-5-10;9-8-3-1-7(2-4-8)5-6-10/h1,3-4,7-8,15-16H,2,5-6,9-13H2;3,9-10H,1,4-8H2,2H3;1-4,6H,5H2. The molecule has 3 aliphatic rings. The number of carbonyl (C=O) groups excluding carboxylic acids is 3. The first-order chi connectivity index (χ1) is 20.4. The number of piperidine rings is 1. The van der Waals surface area contributed by atoms with E-state index < -0.39 is 0 Å². The molecule has 0 radical (unpaired) electrons. The van der Waals surface area contributed by atoms with Crippen LogP contribution < -0.4 is 0 Å². The highest BCUT2D eigenvalue weighted by Crippen LogP contribution is 2.31. The van der Waals surface area contributed by atoms with Crippen LogP contribution in [0.4, 0.5) is 4.39 Å². The minimum atomic E-state index is -0.269. The molecule has 1 aliphatic carbocycles. The monoisotopic (exact) mass is 577 g/mol. The van der Waals surface area contributed by atoms with Crippen LogP contribution in [0.25, 0.3) is 0 Å². The molecule has 2 aliphatic heterocycles. The Kier molecular flexibility index (Phi) is 14.4. The lowest BCUT2D eigenvalue weighted by Crippen LogP contribution is -2.42. The van der Waals surface area contributed by atoms with Gasteiger partial charge >= 0.3 is 0 Å². The molecule has 0 aromatic heterocycles. The van der Waals surface area contributed by atoms with Crippen molar-refractivity contribution < 1.29 is 18.8 Å². The Bertz CT molecular complexity index is 1080. The Labute approximate surface area is 251 Å². The van der Waals surface area contributed by atoms with E-state index in [0.717, 1.165) is 83.1 Å².